The summed E-state index contributed by atoms with van der Waals surface area (Å²) in [6.07, 6.45) is 0. The minimum absolute atomic E-state index is 0.146. The van der Waals surface area contributed by atoms with Crippen LogP contribution in [0.15, 0.2) is 127 Å². The van der Waals surface area contributed by atoms with Gasteiger partial charge in [-0.05, 0) is 30.3 Å². The van der Waals surface area contributed by atoms with Gasteiger partial charge in [0.25, 0.3) is 5.69 Å². The number of rotatable bonds is 2. The summed E-state index contributed by atoms with van der Waals surface area (Å²) in [5, 5.41) is 19.1. The number of hydrogen-bond donors (Lipinski definition) is 1. The first kappa shape index (κ1) is 24.7. The fourth-order valence-corrected chi connectivity index (χ4v) is 8.43. The van der Waals surface area contributed by atoms with Crippen molar-refractivity contribution in [3.63, 3.8) is 0 Å². The average molecular weight is 579 g/mol. The van der Waals surface area contributed by atoms with Crippen molar-refractivity contribution in [2.24, 2.45) is 0 Å². The summed E-state index contributed by atoms with van der Waals surface area (Å²) in [6, 6.07) is 42.8. The van der Waals surface area contributed by atoms with E-state index in [0.717, 1.165) is 15.6 Å². The van der Waals surface area contributed by atoms with Gasteiger partial charge in [-0.15, -0.1) is 22.7 Å². The summed E-state index contributed by atoms with van der Waals surface area (Å²) in [5.41, 5.74) is 4.18. The van der Waals surface area contributed by atoms with Gasteiger partial charge in [-0.25, -0.2) is 0 Å². The zero-order valence-corrected chi connectivity index (χ0v) is 23.8. The fourth-order valence-electron chi connectivity index (χ4n) is 5.94. The van der Waals surface area contributed by atoms with Crippen molar-refractivity contribution in [3.05, 3.63) is 138 Å². The van der Waals surface area contributed by atoms with Crippen LogP contribution in [0, 0.1) is 10.1 Å². The summed E-state index contributed by atoms with van der Waals surface area (Å²) in [7, 11) is 0. The molecule has 0 radical (unpaired) electrons. The highest BCUT2D eigenvalue weighted by molar-refractivity contribution is 7.27. The Morgan fingerprint density at radius 2 is 1.07 bits per heavy atom. The topological polar surface area (TPSA) is 58.9 Å². The van der Waals surface area contributed by atoms with Gasteiger partial charge < -0.3 is 4.98 Å². The van der Waals surface area contributed by atoms with E-state index in [1.165, 1.54) is 52.1 Å². The smallest absolute Gasteiger partial charge is 0.277 e. The second-order valence-corrected chi connectivity index (χ2v) is 12.3. The second kappa shape index (κ2) is 9.80. The molecule has 0 atom stereocenters. The number of aromatic amines is 1. The van der Waals surface area contributed by atoms with Crippen molar-refractivity contribution in [1.82, 2.24) is 4.98 Å². The van der Waals surface area contributed by atoms with E-state index in [9.17, 15) is 10.1 Å². The Morgan fingerprint density at radius 3 is 1.83 bits per heavy atom. The largest absolute Gasteiger partial charge is 0.354 e. The van der Waals surface area contributed by atoms with Crippen molar-refractivity contribution >= 4 is 90.5 Å². The SMILES string of the molecule is O=[N+]([O-])c1ccccc1-c1cccc2c1sc1ccccc12.c1ccc2c(c1)[nH]c1ccc3c4ccccc4sc3c12. The number of H-pyrrole nitrogens is 1. The predicted octanol–water partition coefficient (Wildman–Crippen LogP) is 11.3. The quantitative estimate of drug-likeness (QED) is 0.164. The summed E-state index contributed by atoms with van der Waals surface area (Å²) in [4.78, 5) is 14.5. The summed E-state index contributed by atoms with van der Waals surface area (Å²) < 4.78 is 5.04. The number of para-hydroxylation sites is 2. The molecular formula is C36H22N2O2S2. The molecule has 0 unspecified atom stereocenters. The van der Waals surface area contributed by atoms with Crippen LogP contribution >= 0.6 is 22.7 Å². The zero-order chi connectivity index (χ0) is 28.2. The van der Waals surface area contributed by atoms with Gasteiger partial charge in [-0.3, -0.25) is 10.1 Å². The van der Waals surface area contributed by atoms with Gasteiger partial charge in [-0.1, -0.05) is 91.0 Å². The molecule has 0 spiro atoms. The predicted molar refractivity (Wildman–Crippen MR) is 180 cm³/mol. The molecule has 1 N–H and O–H groups in total. The highest BCUT2D eigenvalue weighted by Crippen LogP contribution is 2.43. The molecular weight excluding hydrogens is 557 g/mol. The van der Waals surface area contributed by atoms with Gasteiger partial charge in [0.1, 0.15) is 0 Å². The standard InChI is InChI=1S/C18H11NO2S.C18H11NS/c20-19(21)16-10-3-1-6-12(16)14-8-5-9-15-13-7-2-4-11-17(13)22-18(14)15;1-3-7-14-13(6-1)17-15(19-14)10-9-12-11-5-2-4-8-16(11)20-18(12)17/h1-11H;1-10,19H. The van der Waals surface area contributed by atoms with Gasteiger partial charge in [0.15, 0.2) is 0 Å². The van der Waals surface area contributed by atoms with Crippen molar-refractivity contribution in [1.29, 1.82) is 0 Å². The van der Waals surface area contributed by atoms with E-state index >= 15 is 0 Å². The lowest BCUT2D eigenvalue weighted by Gasteiger charge is -2.04. The summed E-state index contributed by atoms with van der Waals surface area (Å²) in [6.45, 7) is 0. The monoisotopic (exact) mass is 578 g/mol. The molecule has 3 heterocycles. The highest BCUT2D eigenvalue weighted by Gasteiger charge is 2.18. The van der Waals surface area contributed by atoms with Crippen LogP contribution in [-0.4, -0.2) is 9.91 Å². The number of benzene rings is 6. The molecule has 0 aliphatic heterocycles. The molecule has 9 rings (SSSR count). The Kier molecular flexibility index (Phi) is 5.77. The van der Waals surface area contributed by atoms with E-state index in [2.05, 4.69) is 83.8 Å². The fraction of sp³-hybridized carbons (Fsp3) is 0. The Bertz CT molecular complexity index is 2470. The molecule has 4 nitrogen and oxygen atoms in total. The van der Waals surface area contributed by atoms with Crippen LogP contribution in [0.3, 0.4) is 0 Å². The number of nitro benzene ring substituents is 1. The number of nitrogens with zero attached hydrogens (tertiary/aromatic N) is 1. The molecule has 0 amide bonds. The molecule has 0 saturated carbocycles. The molecule has 9 aromatic rings. The Morgan fingerprint density at radius 1 is 0.500 bits per heavy atom. The lowest BCUT2D eigenvalue weighted by atomic mass is 10.0. The van der Waals surface area contributed by atoms with Crippen LogP contribution in [-0.2, 0) is 0 Å². The zero-order valence-electron chi connectivity index (χ0n) is 22.2. The Hall–Kier alpha value is -5.04. The third-order valence-electron chi connectivity index (χ3n) is 7.81. The molecule has 3 aromatic heterocycles. The first-order valence-corrected chi connectivity index (χ1v) is 15.3. The number of fused-ring (bicyclic) bond motifs is 10. The van der Waals surface area contributed by atoms with Crippen LogP contribution in [0.4, 0.5) is 5.69 Å². The van der Waals surface area contributed by atoms with Crippen LogP contribution in [0.1, 0.15) is 0 Å². The van der Waals surface area contributed by atoms with Crippen LogP contribution in [0.2, 0.25) is 0 Å². The van der Waals surface area contributed by atoms with E-state index in [1.807, 2.05) is 47.7 Å². The maximum Gasteiger partial charge on any atom is 0.277 e. The molecule has 0 aliphatic rings. The van der Waals surface area contributed by atoms with Crippen molar-refractivity contribution in [2.75, 3.05) is 0 Å². The van der Waals surface area contributed by atoms with Crippen LogP contribution < -0.4 is 0 Å². The van der Waals surface area contributed by atoms with E-state index in [0.29, 0.717) is 5.56 Å². The van der Waals surface area contributed by atoms with E-state index < -0.39 is 0 Å². The van der Waals surface area contributed by atoms with E-state index in [-0.39, 0.29) is 10.6 Å². The third-order valence-corrected chi connectivity index (χ3v) is 10.2. The van der Waals surface area contributed by atoms with Crippen molar-refractivity contribution in [2.45, 2.75) is 0 Å². The van der Waals surface area contributed by atoms with Crippen molar-refractivity contribution in [3.8, 4) is 11.1 Å². The number of nitro groups is 1. The Balaban J connectivity index is 0.000000127. The van der Waals surface area contributed by atoms with Crippen LogP contribution in [0.25, 0.3) is 73.3 Å². The minimum Gasteiger partial charge on any atom is -0.354 e. The first-order chi connectivity index (χ1) is 20.7. The number of aromatic nitrogens is 1. The molecule has 0 fully saturated rings. The lowest BCUT2D eigenvalue weighted by Crippen LogP contribution is -1.91. The normalized spacial score (nSPS) is 11.5. The summed E-state index contributed by atoms with van der Waals surface area (Å²) in [5.74, 6) is 0. The van der Waals surface area contributed by atoms with Gasteiger partial charge in [0.05, 0.1) is 10.5 Å². The number of hydrogen-bond acceptors (Lipinski definition) is 4. The molecule has 0 bridgehead atoms. The molecule has 200 valence electrons. The first-order valence-electron chi connectivity index (χ1n) is 13.6. The third kappa shape index (κ3) is 3.88. The van der Waals surface area contributed by atoms with Gasteiger partial charge in [0, 0.05) is 73.8 Å². The Labute approximate surface area is 248 Å². The second-order valence-electron chi connectivity index (χ2n) is 10.2. The molecule has 0 saturated heterocycles. The van der Waals surface area contributed by atoms with E-state index in [1.54, 1.807) is 23.5 Å². The number of thiophene rings is 2. The van der Waals surface area contributed by atoms with Gasteiger partial charge in [0.2, 0.25) is 0 Å². The molecule has 0 aliphatic carbocycles. The maximum absolute atomic E-state index is 11.3. The van der Waals surface area contributed by atoms with Gasteiger partial charge >= 0.3 is 0 Å². The summed E-state index contributed by atoms with van der Waals surface area (Å²) >= 11 is 3.57. The van der Waals surface area contributed by atoms with Gasteiger partial charge in [-0.2, -0.15) is 0 Å². The maximum atomic E-state index is 11.3. The van der Waals surface area contributed by atoms with E-state index in [4.69, 9.17) is 0 Å². The van der Waals surface area contributed by atoms with Crippen molar-refractivity contribution < 1.29 is 4.92 Å². The lowest BCUT2D eigenvalue weighted by molar-refractivity contribution is -0.384. The molecule has 6 aromatic carbocycles. The molecule has 42 heavy (non-hydrogen) atoms. The average Bonchev–Trinajstić information content (AvgIpc) is 3.72. The number of nitrogens with one attached hydrogen (secondary N) is 1. The molecule has 6 heteroatoms. The minimum atomic E-state index is -0.318. The van der Waals surface area contributed by atoms with Crippen LogP contribution in [0.5, 0.6) is 0 Å². The highest BCUT2D eigenvalue weighted by atomic mass is 32.1.